The standard InChI is InChI=1S/C19H17BrN2O2S/c20-18-8-7-17(25-18)14-10-15-13-5-1-2-6-16(13)24-19(22(15)21-14)9-3-4-12(23)11-19/h1-2,5-8,11,15,23H,3-4,9-10H2/t15-,19+/m1/s1. The minimum Gasteiger partial charge on any atom is -0.512 e. The molecule has 4 nitrogen and oxygen atoms in total. The molecule has 0 radical (unpaired) electrons. The second kappa shape index (κ2) is 5.61. The van der Waals surface area contributed by atoms with Gasteiger partial charge in [-0.25, -0.2) is 5.01 Å². The van der Waals surface area contributed by atoms with Crippen molar-refractivity contribution in [3.8, 4) is 5.75 Å². The first-order valence-electron chi connectivity index (χ1n) is 8.46. The van der Waals surface area contributed by atoms with Crippen molar-refractivity contribution in [3.63, 3.8) is 0 Å². The zero-order chi connectivity index (χ0) is 17.0. The summed E-state index contributed by atoms with van der Waals surface area (Å²) in [5.74, 6) is 1.30. The summed E-state index contributed by atoms with van der Waals surface area (Å²) in [4.78, 5) is 1.18. The van der Waals surface area contributed by atoms with Gasteiger partial charge in [0.2, 0.25) is 5.72 Å². The maximum absolute atomic E-state index is 10.2. The maximum Gasteiger partial charge on any atom is 0.220 e. The molecule has 6 heteroatoms. The van der Waals surface area contributed by atoms with E-state index in [4.69, 9.17) is 9.84 Å². The minimum absolute atomic E-state index is 0.142. The summed E-state index contributed by atoms with van der Waals surface area (Å²) in [6.45, 7) is 0. The molecule has 3 heterocycles. The molecule has 0 saturated heterocycles. The van der Waals surface area contributed by atoms with Gasteiger partial charge in [0.25, 0.3) is 0 Å². The van der Waals surface area contributed by atoms with Crippen LogP contribution in [0.1, 0.15) is 42.2 Å². The van der Waals surface area contributed by atoms with Crippen LogP contribution < -0.4 is 4.74 Å². The lowest BCUT2D eigenvalue weighted by molar-refractivity contribution is -0.0944. The average Bonchev–Trinajstić information content (AvgIpc) is 3.22. The summed E-state index contributed by atoms with van der Waals surface area (Å²) in [6, 6.07) is 12.5. The first-order chi connectivity index (χ1) is 12.1. The number of aliphatic hydroxyl groups is 1. The molecule has 2 atom stereocenters. The molecule has 0 fully saturated rings. The summed E-state index contributed by atoms with van der Waals surface area (Å²) >= 11 is 5.24. The van der Waals surface area contributed by atoms with Gasteiger partial charge in [-0.3, -0.25) is 0 Å². The van der Waals surface area contributed by atoms with Gasteiger partial charge in [0.05, 0.1) is 26.2 Å². The Labute approximate surface area is 158 Å². The summed E-state index contributed by atoms with van der Waals surface area (Å²) in [5, 5.41) is 17.2. The lowest BCUT2D eigenvalue weighted by atomic mass is 9.90. The third-order valence-electron chi connectivity index (χ3n) is 5.08. The number of ether oxygens (including phenoxy) is 1. The van der Waals surface area contributed by atoms with Crippen molar-refractivity contribution in [2.75, 3.05) is 0 Å². The molecule has 0 amide bonds. The summed E-state index contributed by atoms with van der Waals surface area (Å²) < 4.78 is 7.52. The average molecular weight is 417 g/mol. The zero-order valence-corrected chi connectivity index (χ0v) is 15.9. The molecule has 0 saturated carbocycles. The molecule has 1 N–H and O–H groups in total. The van der Waals surface area contributed by atoms with E-state index in [0.717, 1.165) is 34.5 Å². The smallest absolute Gasteiger partial charge is 0.220 e. The Bertz CT molecular complexity index is 906. The van der Waals surface area contributed by atoms with Crippen molar-refractivity contribution < 1.29 is 9.84 Å². The van der Waals surface area contributed by atoms with E-state index in [-0.39, 0.29) is 6.04 Å². The number of para-hydroxylation sites is 1. The SMILES string of the molecule is OC1=C[C@]2(CCC1)Oc1ccccc1[C@H]1CC(c3ccc(Br)s3)=NN12. The molecule has 5 rings (SSSR count). The van der Waals surface area contributed by atoms with Gasteiger partial charge in [-0.1, -0.05) is 18.2 Å². The molecule has 0 unspecified atom stereocenters. The van der Waals surface area contributed by atoms with Crippen LogP contribution in [-0.4, -0.2) is 21.6 Å². The normalized spacial score (nSPS) is 27.4. The molecule has 0 bridgehead atoms. The summed E-state index contributed by atoms with van der Waals surface area (Å²) in [5.41, 5.74) is 1.57. The lowest BCUT2D eigenvalue weighted by Crippen LogP contribution is -2.53. The number of nitrogens with zero attached hydrogens (tertiary/aromatic N) is 2. The van der Waals surface area contributed by atoms with Gasteiger partial charge in [-0.05, 0) is 40.5 Å². The van der Waals surface area contributed by atoms with Crippen LogP contribution in [-0.2, 0) is 0 Å². The van der Waals surface area contributed by atoms with Gasteiger partial charge in [-0.15, -0.1) is 11.3 Å². The predicted molar refractivity (Wildman–Crippen MR) is 102 cm³/mol. The van der Waals surface area contributed by atoms with Crippen molar-refractivity contribution >= 4 is 33.0 Å². The van der Waals surface area contributed by atoms with Crippen LogP contribution >= 0.6 is 27.3 Å². The Hall–Kier alpha value is -1.79. The van der Waals surface area contributed by atoms with Gasteiger partial charge >= 0.3 is 0 Å². The number of hydrogen-bond acceptors (Lipinski definition) is 5. The van der Waals surface area contributed by atoms with E-state index >= 15 is 0 Å². The lowest BCUT2D eigenvalue weighted by Gasteiger charge is -2.47. The quantitative estimate of drug-likeness (QED) is 0.678. The maximum atomic E-state index is 10.2. The largest absolute Gasteiger partial charge is 0.512 e. The molecule has 1 aliphatic carbocycles. The van der Waals surface area contributed by atoms with E-state index in [1.165, 1.54) is 10.4 Å². The number of hydrazone groups is 1. The van der Waals surface area contributed by atoms with Gasteiger partial charge in [-0.2, -0.15) is 5.10 Å². The van der Waals surface area contributed by atoms with Gasteiger partial charge in [0.1, 0.15) is 5.75 Å². The Morgan fingerprint density at radius 1 is 1.28 bits per heavy atom. The molecule has 2 aromatic rings. The van der Waals surface area contributed by atoms with E-state index in [2.05, 4.69) is 39.1 Å². The fourth-order valence-electron chi connectivity index (χ4n) is 3.99. The highest BCUT2D eigenvalue weighted by Crippen LogP contribution is 2.50. The number of allylic oxidation sites excluding steroid dienone is 1. The number of benzene rings is 1. The second-order valence-electron chi connectivity index (χ2n) is 6.69. The molecular weight excluding hydrogens is 400 g/mol. The minimum atomic E-state index is -0.683. The number of hydrogen-bond donors (Lipinski definition) is 1. The van der Waals surface area contributed by atoms with Crippen LogP contribution in [0.15, 0.2) is 57.1 Å². The Morgan fingerprint density at radius 3 is 2.96 bits per heavy atom. The Kier molecular flexibility index (Phi) is 3.47. The first-order valence-corrected chi connectivity index (χ1v) is 10.1. The molecule has 25 heavy (non-hydrogen) atoms. The van der Waals surface area contributed by atoms with Crippen LogP contribution in [0, 0.1) is 0 Å². The van der Waals surface area contributed by atoms with Crippen LogP contribution in [0.2, 0.25) is 0 Å². The van der Waals surface area contributed by atoms with Crippen molar-refractivity contribution in [3.05, 3.63) is 62.5 Å². The molecule has 1 aromatic carbocycles. The first kappa shape index (κ1) is 15.5. The van der Waals surface area contributed by atoms with Crippen molar-refractivity contribution in [1.29, 1.82) is 0 Å². The molecule has 1 spiro atoms. The van der Waals surface area contributed by atoms with Gasteiger partial charge in [0.15, 0.2) is 0 Å². The number of rotatable bonds is 1. The highest BCUT2D eigenvalue weighted by atomic mass is 79.9. The fraction of sp³-hybridized carbons (Fsp3) is 0.316. The van der Waals surface area contributed by atoms with Crippen LogP contribution in [0.5, 0.6) is 5.75 Å². The number of fused-ring (bicyclic) bond motifs is 4. The van der Waals surface area contributed by atoms with Crippen LogP contribution in [0.3, 0.4) is 0 Å². The van der Waals surface area contributed by atoms with E-state index in [1.807, 2.05) is 24.3 Å². The van der Waals surface area contributed by atoms with E-state index in [9.17, 15) is 5.11 Å². The number of aliphatic hydroxyl groups excluding tert-OH is 1. The second-order valence-corrected chi connectivity index (χ2v) is 9.15. The van der Waals surface area contributed by atoms with Gasteiger partial charge < -0.3 is 9.84 Å². The topological polar surface area (TPSA) is 45.1 Å². The van der Waals surface area contributed by atoms with Gasteiger partial charge in [0, 0.05) is 30.9 Å². The van der Waals surface area contributed by atoms with E-state index < -0.39 is 5.72 Å². The highest BCUT2D eigenvalue weighted by molar-refractivity contribution is 9.11. The third-order valence-corrected chi connectivity index (χ3v) is 6.75. The Morgan fingerprint density at radius 2 is 2.16 bits per heavy atom. The molecule has 3 aliphatic rings. The monoisotopic (exact) mass is 416 g/mol. The molecule has 2 aliphatic heterocycles. The van der Waals surface area contributed by atoms with Crippen molar-refractivity contribution in [1.82, 2.24) is 5.01 Å². The zero-order valence-electron chi connectivity index (χ0n) is 13.5. The predicted octanol–water partition coefficient (Wildman–Crippen LogP) is 5.38. The molecular formula is C19H17BrN2O2S. The molecule has 1 aromatic heterocycles. The fourth-order valence-corrected chi connectivity index (χ4v) is 5.37. The third kappa shape index (κ3) is 2.42. The van der Waals surface area contributed by atoms with Crippen LogP contribution in [0.4, 0.5) is 0 Å². The van der Waals surface area contributed by atoms with Crippen molar-refractivity contribution in [2.24, 2.45) is 5.10 Å². The number of halogens is 1. The van der Waals surface area contributed by atoms with Crippen LogP contribution in [0.25, 0.3) is 0 Å². The van der Waals surface area contributed by atoms with Crippen molar-refractivity contribution in [2.45, 2.75) is 37.5 Å². The van der Waals surface area contributed by atoms with E-state index in [0.29, 0.717) is 12.2 Å². The summed E-state index contributed by atoms with van der Waals surface area (Å²) in [7, 11) is 0. The molecule has 128 valence electrons. The number of thiophene rings is 1. The Balaban J connectivity index is 1.64. The summed E-state index contributed by atoms with van der Waals surface area (Å²) in [6.07, 6.45) is 5.13. The van der Waals surface area contributed by atoms with E-state index in [1.54, 1.807) is 11.3 Å². The highest BCUT2D eigenvalue weighted by Gasteiger charge is 2.50.